The number of Topliss-reactive ketones (excluding diaryl/α,β-unsaturated/α-hetero) is 1. The van der Waals surface area contributed by atoms with Crippen LogP contribution >= 0.6 is 0 Å². The number of nitrogens with zero attached hydrogens (tertiary/aromatic N) is 2. The van der Waals surface area contributed by atoms with E-state index in [2.05, 4.69) is 6.92 Å². The highest BCUT2D eigenvalue weighted by Gasteiger charge is 2.28. The number of carbonyl (C=O) groups excluding carboxylic acids is 1. The summed E-state index contributed by atoms with van der Waals surface area (Å²) in [4.78, 5) is 25.8. The summed E-state index contributed by atoms with van der Waals surface area (Å²) in [5.41, 5.74) is -0.635. The van der Waals surface area contributed by atoms with Gasteiger partial charge in [-0.1, -0.05) is 38.3 Å². The van der Waals surface area contributed by atoms with Gasteiger partial charge < -0.3 is 14.6 Å². The molecule has 0 bridgehead atoms. The van der Waals surface area contributed by atoms with Crippen molar-refractivity contribution < 1.29 is 19.4 Å². The summed E-state index contributed by atoms with van der Waals surface area (Å²) in [6, 6.07) is 8.79. The highest BCUT2D eigenvalue weighted by atomic mass is 16.5. The van der Waals surface area contributed by atoms with Crippen LogP contribution in [0.25, 0.3) is 0 Å². The van der Waals surface area contributed by atoms with Crippen molar-refractivity contribution in [3.05, 3.63) is 51.3 Å². The molecule has 7 nitrogen and oxygen atoms in total. The number of ether oxygens (including phenoxy) is 2. The average molecular weight is 412 g/mol. The van der Waals surface area contributed by atoms with Gasteiger partial charge in [0.2, 0.25) is 11.7 Å². The number of rotatable bonds is 10. The molecule has 1 heterocycles. The van der Waals surface area contributed by atoms with Gasteiger partial charge in [-0.15, -0.1) is 0 Å². The number of methoxy groups -OCH3 is 1. The van der Waals surface area contributed by atoms with Crippen LogP contribution in [0.4, 0.5) is 0 Å². The van der Waals surface area contributed by atoms with Gasteiger partial charge in [0, 0.05) is 6.54 Å². The smallest absolute Gasteiger partial charge is 0.271 e. The van der Waals surface area contributed by atoms with Gasteiger partial charge in [0.1, 0.15) is 11.6 Å². The largest absolute Gasteiger partial charge is 0.494 e. The van der Waals surface area contributed by atoms with E-state index in [9.17, 15) is 20.0 Å². The maximum Gasteiger partial charge on any atom is 0.271 e. The van der Waals surface area contributed by atoms with Crippen LogP contribution < -0.4 is 15.0 Å². The summed E-state index contributed by atoms with van der Waals surface area (Å²) >= 11 is 0. The third-order valence-electron chi connectivity index (χ3n) is 5.02. The second-order valence-electron chi connectivity index (χ2n) is 7.10. The summed E-state index contributed by atoms with van der Waals surface area (Å²) in [7, 11) is 1.50. The van der Waals surface area contributed by atoms with Crippen molar-refractivity contribution in [1.29, 1.82) is 5.26 Å². The molecule has 2 rings (SSSR count). The van der Waals surface area contributed by atoms with Crippen LogP contribution in [0.5, 0.6) is 17.4 Å². The zero-order chi connectivity index (χ0) is 22.3. The van der Waals surface area contributed by atoms with Crippen molar-refractivity contribution >= 4 is 5.78 Å². The Morgan fingerprint density at radius 1 is 1.23 bits per heavy atom. The second kappa shape index (κ2) is 10.5. The fraction of sp³-hybridized carbons (Fsp3) is 0.435. The van der Waals surface area contributed by atoms with Gasteiger partial charge in [-0.05, 0) is 38.0 Å². The van der Waals surface area contributed by atoms with Crippen molar-refractivity contribution in [3.8, 4) is 23.4 Å². The number of aromatic nitrogens is 1. The molecule has 0 aliphatic carbocycles. The number of hydrogen-bond acceptors (Lipinski definition) is 6. The minimum atomic E-state index is -0.969. The molecule has 1 unspecified atom stereocenters. The molecule has 7 heteroatoms. The third-order valence-corrected chi connectivity index (χ3v) is 5.02. The summed E-state index contributed by atoms with van der Waals surface area (Å²) in [5, 5.41) is 20.2. The maximum atomic E-state index is 13.1. The SMILES string of the molecule is CCCCCCn1c(O)c(C(=O)C(C)Oc2ccccc2OC)c(C)c(C#N)c1=O. The summed E-state index contributed by atoms with van der Waals surface area (Å²) in [6.45, 7) is 5.35. The Labute approximate surface area is 176 Å². The molecule has 30 heavy (non-hydrogen) atoms. The Balaban J connectivity index is 2.42. The number of aromatic hydroxyl groups is 1. The van der Waals surface area contributed by atoms with E-state index in [-0.39, 0.29) is 23.2 Å². The Morgan fingerprint density at radius 2 is 1.90 bits per heavy atom. The first-order valence-corrected chi connectivity index (χ1v) is 10.1. The molecule has 1 N–H and O–H groups in total. The number of ketones is 1. The Hall–Kier alpha value is -3.27. The van der Waals surface area contributed by atoms with Crippen LogP contribution in [0.1, 0.15) is 61.0 Å². The standard InChI is InChI=1S/C23H28N2O5/c1-5-6-7-10-13-25-22(27)17(14-24)15(2)20(23(25)28)21(26)16(3)30-19-12-9-8-11-18(19)29-4/h8-9,11-12,16,28H,5-7,10,13H2,1-4H3. The van der Waals surface area contributed by atoms with E-state index in [1.165, 1.54) is 14.0 Å². The van der Waals surface area contributed by atoms with Gasteiger partial charge in [0.05, 0.1) is 12.7 Å². The molecule has 0 radical (unpaired) electrons. The lowest BCUT2D eigenvalue weighted by atomic mass is 9.99. The van der Waals surface area contributed by atoms with Gasteiger partial charge in [0.25, 0.3) is 5.56 Å². The van der Waals surface area contributed by atoms with E-state index in [0.29, 0.717) is 17.9 Å². The number of benzene rings is 1. The minimum Gasteiger partial charge on any atom is -0.494 e. The average Bonchev–Trinajstić information content (AvgIpc) is 2.73. The number of nitriles is 1. The molecule has 0 aliphatic heterocycles. The first-order valence-electron chi connectivity index (χ1n) is 10.1. The highest BCUT2D eigenvalue weighted by molar-refractivity contribution is 6.03. The lowest BCUT2D eigenvalue weighted by Crippen LogP contribution is -2.31. The second-order valence-corrected chi connectivity index (χ2v) is 7.10. The van der Waals surface area contributed by atoms with E-state index >= 15 is 0 Å². The third kappa shape index (κ3) is 4.82. The molecular weight excluding hydrogens is 384 g/mol. The Bertz CT molecular complexity index is 1000. The first kappa shape index (κ1) is 23.0. The fourth-order valence-electron chi connectivity index (χ4n) is 3.31. The predicted molar refractivity (Wildman–Crippen MR) is 113 cm³/mol. The van der Waals surface area contributed by atoms with Crippen molar-refractivity contribution in [2.45, 2.75) is 59.1 Å². The number of hydrogen-bond donors (Lipinski definition) is 1. The van der Waals surface area contributed by atoms with Gasteiger partial charge in [-0.25, -0.2) is 0 Å². The van der Waals surface area contributed by atoms with Crippen molar-refractivity contribution in [1.82, 2.24) is 4.57 Å². The number of para-hydroxylation sites is 2. The topological polar surface area (TPSA) is 102 Å². The van der Waals surface area contributed by atoms with Gasteiger partial charge in [-0.3, -0.25) is 14.2 Å². The lowest BCUT2D eigenvalue weighted by molar-refractivity contribution is 0.0808. The van der Waals surface area contributed by atoms with Crippen LogP contribution in [-0.4, -0.2) is 28.7 Å². The Kier molecular flexibility index (Phi) is 8.05. The summed E-state index contributed by atoms with van der Waals surface area (Å²) in [5.74, 6) is -0.0914. The van der Waals surface area contributed by atoms with E-state index in [4.69, 9.17) is 9.47 Å². The quantitative estimate of drug-likeness (QED) is 0.468. The van der Waals surface area contributed by atoms with Crippen molar-refractivity contribution in [3.63, 3.8) is 0 Å². The molecule has 0 aliphatic rings. The van der Waals surface area contributed by atoms with Gasteiger partial charge in [0.15, 0.2) is 17.6 Å². The molecule has 1 aromatic carbocycles. The zero-order valence-electron chi connectivity index (χ0n) is 17.9. The highest BCUT2D eigenvalue weighted by Crippen LogP contribution is 2.29. The molecule has 0 saturated heterocycles. The van der Waals surface area contributed by atoms with E-state index < -0.39 is 23.3 Å². The van der Waals surface area contributed by atoms with Crippen LogP contribution in [0.15, 0.2) is 29.1 Å². The predicted octanol–water partition coefficient (Wildman–Crippen LogP) is 3.97. The van der Waals surface area contributed by atoms with Crippen LogP contribution in [0.3, 0.4) is 0 Å². The van der Waals surface area contributed by atoms with Crippen LogP contribution in [0.2, 0.25) is 0 Å². The van der Waals surface area contributed by atoms with Crippen LogP contribution in [-0.2, 0) is 6.54 Å². The normalized spacial score (nSPS) is 11.6. The molecule has 0 amide bonds. The first-order chi connectivity index (χ1) is 14.4. The van der Waals surface area contributed by atoms with Crippen LogP contribution in [0, 0.1) is 18.3 Å². The van der Waals surface area contributed by atoms with Gasteiger partial charge in [-0.2, -0.15) is 5.26 Å². The van der Waals surface area contributed by atoms with Gasteiger partial charge >= 0.3 is 0 Å². The van der Waals surface area contributed by atoms with E-state index in [1.807, 2.05) is 6.07 Å². The van der Waals surface area contributed by atoms with Crippen molar-refractivity contribution in [2.75, 3.05) is 7.11 Å². The summed E-state index contributed by atoms with van der Waals surface area (Å²) in [6.07, 6.45) is 2.61. The maximum absolute atomic E-state index is 13.1. The van der Waals surface area contributed by atoms with Crippen molar-refractivity contribution in [2.24, 2.45) is 0 Å². The fourth-order valence-corrected chi connectivity index (χ4v) is 3.31. The molecule has 0 spiro atoms. The number of carbonyl (C=O) groups is 1. The molecule has 1 atom stereocenters. The Morgan fingerprint density at radius 3 is 2.50 bits per heavy atom. The molecular formula is C23H28N2O5. The molecule has 2 aromatic rings. The van der Waals surface area contributed by atoms with E-state index in [1.54, 1.807) is 31.2 Å². The molecule has 160 valence electrons. The number of unbranched alkanes of at least 4 members (excludes halogenated alkanes) is 3. The minimum absolute atomic E-state index is 0.0657. The zero-order valence-corrected chi connectivity index (χ0v) is 17.9. The summed E-state index contributed by atoms with van der Waals surface area (Å²) < 4.78 is 12.1. The monoisotopic (exact) mass is 412 g/mol. The molecule has 0 fully saturated rings. The lowest BCUT2D eigenvalue weighted by Gasteiger charge is -2.19. The number of pyridine rings is 1. The van der Waals surface area contributed by atoms with E-state index in [0.717, 1.165) is 23.8 Å². The molecule has 0 saturated carbocycles. The molecule has 1 aromatic heterocycles.